The molecule has 3 heteroatoms. The van der Waals surface area contributed by atoms with Crippen molar-refractivity contribution in [2.45, 2.75) is 77.2 Å². The molecule has 0 radical (unpaired) electrons. The van der Waals surface area contributed by atoms with Gasteiger partial charge in [-0.15, -0.1) is 0 Å². The molecule has 36 heavy (non-hydrogen) atoms. The molecule has 2 saturated carbocycles. The molecule has 2 aliphatic carbocycles. The highest BCUT2D eigenvalue weighted by Crippen LogP contribution is 2.48. The highest BCUT2D eigenvalue weighted by molar-refractivity contribution is 5.65. The summed E-state index contributed by atoms with van der Waals surface area (Å²) in [6.07, 6.45) is 11.8. The van der Waals surface area contributed by atoms with Crippen molar-refractivity contribution in [2.24, 2.45) is 17.8 Å². The lowest BCUT2D eigenvalue weighted by atomic mass is 9.63. The van der Waals surface area contributed by atoms with Crippen LogP contribution in [0.15, 0.2) is 66.7 Å². The maximum Gasteiger partial charge on any atom is 0.165 e. The molecule has 0 saturated heterocycles. The second-order valence-corrected chi connectivity index (χ2v) is 11.0. The van der Waals surface area contributed by atoms with Crippen molar-refractivity contribution in [3.05, 3.63) is 89.5 Å². The predicted octanol–water partition coefficient (Wildman–Crippen LogP) is 9.70. The van der Waals surface area contributed by atoms with Crippen molar-refractivity contribution >= 4 is 0 Å². The lowest BCUT2D eigenvalue weighted by Gasteiger charge is -2.42. The minimum Gasteiger partial charge on any atom is -0.486 e. The van der Waals surface area contributed by atoms with E-state index in [1.165, 1.54) is 57.4 Å². The van der Waals surface area contributed by atoms with E-state index in [-0.39, 0.29) is 11.6 Å². The molecule has 0 bridgehead atoms. The summed E-state index contributed by atoms with van der Waals surface area (Å²) in [6.45, 7) is 2.58. The Kier molecular flexibility index (Phi) is 8.04. The molecule has 3 aromatic carbocycles. The summed E-state index contributed by atoms with van der Waals surface area (Å²) in [4.78, 5) is 0. The van der Waals surface area contributed by atoms with Crippen LogP contribution in [0, 0.1) is 29.4 Å². The fourth-order valence-corrected chi connectivity index (χ4v) is 6.58. The number of unbranched alkanes of at least 4 members (excludes halogenated alkanes) is 1. The lowest BCUT2D eigenvalue weighted by Crippen LogP contribution is -2.30. The molecule has 0 amide bonds. The summed E-state index contributed by atoms with van der Waals surface area (Å²) in [5, 5.41) is 0. The normalized spacial score (nSPS) is 23.8. The molecule has 1 nitrogen and oxygen atoms in total. The summed E-state index contributed by atoms with van der Waals surface area (Å²) in [6, 6.07) is 20.0. The summed E-state index contributed by atoms with van der Waals surface area (Å²) in [7, 11) is 0. The zero-order valence-corrected chi connectivity index (χ0v) is 21.4. The number of benzene rings is 3. The third-order valence-electron chi connectivity index (χ3n) is 8.63. The first-order valence-corrected chi connectivity index (χ1v) is 13.9. The topological polar surface area (TPSA) is 9.23 Å². The third kappa shape index (κ3) is 5.82. The number of halogens is 2. The van der Waals surface area contributed by atoms with Gasteiger partial charge in [0, 0.05) is 5.56 Å². The van der Waals surface area contributed by atoms with Gasteiger partial charge >= 0.3 is 0 Å². The molecular weight excluding hydrogens is 450 g/mol. The van der Waals surface area contributed by atoms with Crippen LogP contribution in [-0.2, 0) is 6.61 Å². The van der Waals surface area contributed by atoms with Gasteiger partial charge in [-0.05, 0) is 90.7 Å². The van der Waals surface area contributed by atoms with Gasteiger partial charge in [0.1, 0.15) is 12.4 Å². The second-order valence-electron chi connectivity index (χ2n) is 11.0. The Morgan fingerprint density at radius 2 is 1.61 bits per heavy atom. The smallest absolute Gasteiger partial charge is 0.165 e. The Labute approximate surface area is 214 Å². The molecule has 4 atom stereocenters. The molecular formula is C33H38F2O. The zero-order chi connectivity index (χ0) is 24.9. The number of hydrogen-bond donors (Lipinski definition) is 0. The van der Waals surface area contributed by atoms with Gasteiger partial charge in [-0.3, -0.25) is 0 Å². The van der Waals surface area contributed by atoms with Crippen molar-refractivity contribution in [1.29, 1.82) is 0 Å². The average molecular weight is 489 g/mol. The summed E-state index contributed by atoms with van der Waals surface area (Å²) in [5.74, 6) is 2.46. The Bertz CT molecular complexity index is 1140. The van der Waals surface area contributed by atoms with E-state index in [0.29, 0.717) is 23.7 Å². The Morgan fingerprint density at radius 3 is 2.39 bits per heavy atom. The SMILES string of the molecule is CCCCC1CCC2CC(c3ccc(-c4ccc(OCc5ccccc5)c(F)c4)c(F)c3)CCC2C1. The zero-order valence-electron chi connectivity index (χ0n) is 21.4. The van der Waals surface area contributed by atoms with Gasteiger partial charge in [-0.25, -0.2) is 8.78 Å². The first-order valence-electron chi connectivity index (χ1n) is 13.9. The summed E-state index contributed by atoms with van der Waals surface area (Å²) < 4.78 is 35.6. The van der Waals surface area contributed by atoms with Gasteiger partial charge in [0.2, 0.25) is 0 Å². The number of fused-ring (bicyclic) bond motifs is 1. The van der Waals surface area contributed by atoms with E-state index in [1.54, 1.807) is 18.2 Å². The first-order chi connectivity index (χ1) is 17.6. The molecule has 4 unspecified atom stereocenters. The van der Waals surface area contributed by atoms with Crippen molar-refractivity contribution in [3.63, 3.8) is 0 Å². The molecule has 0 aliphatic heterocycles. The van der Waals surface area contributed by atoms with E-state index in [2.05, 4.69) is 13.0 Å². The van der Waals surface area contributed by atoms with E-state index >= 15 is 4.39 Å². The van der Waals surface area contributed by atoms with Gasteiger partial charge in [-0.1, -0.05) is 81.1 Å². The monoisotopic (exact) mass is 488 g/mol. The number of rotatable bonds is 8. The van der Waals surface area contributed by atoms with Crippen molar-refractivity contribution in [2.75, 3.05) is 0 Å². The van der Waals surface area contributed by atoms with Crippen LogP contribution in [-0.4, -0.2) is 0 Å². The van der Waals surface area contributed by atoms with E-state index in [0.717, 1.165) is 35.3 Å². The van der Waals surface area contributed by atoms with Crippen molar-refractivity contribution < 1.29 is 13.5 Å². The maximum atomic E-state index is 15.2. The highest BCUT2D eigenvalue weighted by atomic mass is 19.1. The van der Waals surface area contributed by atoms with Gasteiger partial charge in [0.25, 0.3) is 0 Å². The van der Waals surface area contributed by atoms with E-state index in [1.807, 2.05) is 36.4 Å². The molecule has 0 spiro atoms. The van der Waals surface area contributed by atoms with Crippen LogP contribution in [0.4, 0.5) is 8.78 Å². The Morgan fingerprint density at radius 1 is 0.806 bits per heavy atom. The fraction of sp³-hybridized carbons (Fsp3) is 0.455. The fourth-order valence-electron chi connectivity index (χ4n) is 6.58. The molecule has 0 aromatic heterocycles. The van der Waals surface area contributed by atoms with Gasteiger partial charge in [-0.2, -0.15) is 0 Å². The quantitative estimate of drug-likeness (QED) is 0.307. The van der Waals surface area contributed by atoms with Crippen LogP contribution in [0.2, 0.25) is 0 Å². The van der Waals surface area contributed by atoms with Gasteiger partial charge < -0.3 is 4.74 Å². The molecule has 2 aliphatic rings. The molecule has 3 aromatic rings. The number of hydrogen-bond acceptors (Lipinski definition) is 1. The Balaban J connectivity index is 1.22. The van der Waals surface area contributed by atoms with E-state index in [9.17, 15) is 4.39 Å². The molecule has 190 valence electrons. The Hall–Kier alpha value is -2.68. The van der Waals surface area contributed by atoms with E-state index in [4.69, 9.17) is 4.74 Å². The van der Waals surface area contributed by atoms with Crippen LogP contribution in [0.1, 0.15) is 81.8 Å². The molecule has 2 fully saturated rings. The maximum absolute atomic E-state index is 15.2. The second kappa shape index (κ2) is 11.6. The van der Waals surface area contributed by atoms with Crippen LogP contribution < -0.4 is 4.74 Å². The van der Waals surface area contributed by atoms with E-state index < -0.39 is 5.82 Å². The average Bonchev–Trinajstić information content (AvgIpc) is 2.91. The van der Waals surface area contributed by atoms with Crippen LogP contribution >= 0.6 is 0 Å². The summed E-state index contributed by atoms with van der Waals surface area (Å²) >= 11 is 0. The van der Waals surface area contributed by atoms with Crippen molar-refractivity contribution in [1.82, 2.24) is 0 Å². The number of ether oxygens (including phenoxy) is 1. The molecule has 0 N–H and O–H groups in total. The lowest BCUT2D eigenvalue weighted by molar-refractivity contribution is 0.113. The van der Waals surface area contributed by atoms with Crippen molar-refractivity contribution in [3.8, 4) is 16.9 Å². The van der Waals surface area contributed by atoms with Crippen LogP contribution in [0.25, 0.3) is 11.1 Å². The first kappa shape index (κ1) is 25.0. The minimum absolute atomic E-state index is 0.181. The minimum atomic E-state index is -0.472. The van der Waals surface area contributed by atoms with Crippen LogP contribution in [0.5, 0.6) is 5.75 Å². The van der Waals surface area contributed by atoms with Crippen LogP contribution in [0.3, 0.4) is 0 Å². The molecule has 5 rings (SSSR count). The third-order valence-corrected chi connectivity index (χ3v) is 8.63. The summed E-state index contributed by atoms with van der Waals surface area (Å²) in [5.41, 5.74) is 3.06. The standard InChI is InChI=1S/C33H38F2O/c1-2-3-7-23-10-11-26-19-27(13-12-25(26)18-23)28-14-16-30(31(34)20-28)29-15-17-33(32(35)21-29)36-22-24-8-5-4-6-9-24/h4-6,8-9,14-17,20-21,23,25-27H,2-3,7,10-13,18-19,22H2,1H3. The van der Waals surface area contributed by atoms with Gasteiger partial charge in [0.05, 0.1) is 0 Å². The molecule has 0 heterocycles. The van der Waals surface area contributed by atoms with Gasteiger partial charge in [0.15, 0.2) is 11.6 Å². The predicted molar refractivity (Wildman–Crippen MR) is 143 cm³/mol. The largest absolute Gasteiger partial charge is 0.486 e. The highest BCUT2D eigenvalue weighted by Gasteiger charge is 2.35.